The molecule has 0 saturated carbocycles. The molecule has 0 bridgehead atoms. The molecule has 1 fully saturated rings. The second-order valence-corrected chi connectivity index (χ2v) is 8.02. The summed E-state index contributed by atoms with van der Waals surface area (Å²) in [5.41, 5.74) is 5.43. The van der Waals surface area contributed by atoms with Crippen LogP contribution in [0.15, 0.2) is 33.1 Å². The normalized spacial score (nSPS) is 16.3. The van der Waals surface area contributed by atoms with E-state index in [0.717, 1.165) is 31.2 Å². The Morgan fingerprint density at radius 1 is 1.27 bits per heavy atom. The van der Waals surface area contributed by atoms with Gasteiger partial charge in [0.05, 0.1) is 17.6 Å². The molecule has 3 N–H and O–H groups in total. The first-order chi connectivity index (χ1) is 15.9. The minimum atomic E-state index is -0.840. The van der Waals surface area contributed by atoms with Gasteiger partial charge in [-0.05, 0) is 51.1 Å². The number of benzene rings is 1. The number of halogens is 2. The summed E-state index contributed by atoms with van der Waals surface area (Å²) in [5.74, 6) is -0.621. The molecule has 0 spiro atoms. The second-order valence-electron chi connectivity index (χ2n) is 8.02. The number of anilines is 1. The lowest BCUT2D eigenvalue weighted by atomic mass is 10.0. The van der Waals surface area contributed by atoms with Crippen molar-refractivity contribution in [2.24, 2.45) is 5.73 Å². The van der Waals surface area contributed by atoms with Gasteiger partial charge in [0.25, 0.3) is 0 Å². The average Bonchev–Trinajstić information content (AvgIpc) is 3.40. The van der Waals surface area contributed by atoms with E-state index in [1.54, 1.807) is 13.1 Å². The number of Topliss-reactive ketones (excluding diaryl/α,β-unsaturated/α-hetero) is 1. The summed E-state index contributed by atoms with van der Waals surface area (Å²) in [4.78, 5) is 24.6. The predicted octanol–water partition coefficient (Wildman–Crippen LogP) is 4.75. The number of likely N-dealkylation sites (tertiary alicyclic amines) is 1. The van der Waals surface area contributed by atoms with E-state index in [9.17, 15) is 18.4 Å². The molecular weight excluding hydrogens is 432 g/mol. The highest BCUT2D eigenvalue weighted by atomic mass is 19.1. The quantitative estimate of drug-likeness (QED) is 0.387. The van der Waals surface area contributed by atoms with E-state index in [1.165, 1.54) is 19.3 Å². The van der Waals surface area contributed by atoms with Crippen LogP contribution >= 0.6 is 0 Å². The Bertz CT molecular complexity index is 1110. The van der Waals surface area contributed by atoms with Crippen LogP contribution in [0.1, 0.15) is 59.5 Å². The second kappa shape index (κ2) is 11.2. The zero-order valence-electron chi connectivity index (χ0n) is 18.8. The highest BCUT2D eigenvalue weighted by Gasteiger charge is 2.22. The van der Waals surface area contributed by atoms with Crippen molar-refractivity contribution in [3.63, 3.8) is 0 Å². The standard InChI is InChI=1S/C12H12F2N2O2.C12H17NO2/c1-16-10-7-4-6(13)5-8(14)11(7)18-12(10)9(17)2-3-15;1-10-4-2-3-7-13(10)8-11-5-6-12(9-14)15-11/h4-5,16H,2-3,15H2,1H3;5-6,9-10H,2-4,7-8H2,1H3. The summed E-state index contributed by atoms with van der Waals surface area (Å²) in [6, 6.07) is 6.08. The zero-order valence-corrected chi connectivity index (χ0v) is 18.8. The Balaban J connectivity index is 0.000000189. The van der Waals surface area contributed by atoms with Gasteiger partial charge in [-0.3, -0.25) is 14.5 Å². The van der Waals surface area contributed by atoms with E-state index in [2.05, 4.69) is 17.1 Å². The monoisotopic (exact) mass is 461 g/mol. The molecule has 1 aliphatic rings. The Labute approximate surface area is 190 Å². The molecule has 1 unspecified atom stereocenters. The summed E-state index contributed by atoms with van der Waals surface area (Å²) >= 11 is 0. The number of ketones is 1. The summed E-state index contributed by atoms with van der Waals surface area (Å²) in [7, 11) is 1.55. The molecule has 7 nitrogen and oxygen atoms in total. The lowest BCUT2D eigenvalue weighted by molar-refractivity contribution is 0.0961. The van der Waals surface area contributed by atoms with E-state index < -0.39 is 11.6 Å². The van der Waals surface area contributed by atoms with Gasteiger partial charge in [-0.2, -0.15) is 0 Å². The van der Waals surface area contributed by atoms with Crippen LogP contribution in [0.4, 0.5) is 14.5 Å². The summed E-state index contributed by atoms with van der Waals surface area (Å²) in [6.07, 6.45) is 4.70. The topological polar surface area (TPSA) is 102 Å². The minimum Gasteiger partial charge on any atom is -0.457 e. The molecule has 0 aliphatic carbocycles. The summed E-state index contributed by atoms with van der Waals surface area (Å²) in [6.45, 7) is 4.38. The Hall–Kier alpha value is -3.04. The van der Waals surface area contributed by atoms with Gasteiger partial charge in [0.15, 0.2) is 29.2 Å². The number of furan rings is 2. The van der Waals surface area contributed by atoms with Crippen molar-refractivity contribution in [3.8, 4) is 0 Å². The maximum atomic E-state index is 13.5. The van der Waals surface area contributed by atoms with Crippen LogP contribution in [0.5, 0.6) is 0 Å². The van der Waals surface area contributed by atoms with Gasteiger partial charge in [0.1, 0.15) is 11.6 Å². The van der Waals surface area contributed by atoms with Gasteiger partial charge in [-0.15, -0.1) is 0 Å². The van der Waals surface area contributed by atoms with Gasteiger partial charge in [0.2, 0.25) is 5.78 Å². The Morgan fingerprint density at radius 3 is 2.70 bits per heavy atom. The molecule has 2 aromatic heterocycles. The largest absolute Gasteiger partial charge is 0.457 e. The third kappa shape index (κ3) is 5.85. The SMILES string of the molecule is CC1CCCCN1Cc1ccc(C=O)o1.CNc1c(C(=O)CCN)oc2c(F)cc(F)cc12. The van der Waals surface area contributed by atoms with E-state index in [1.807, 2.05) is 6.07 Å². The predicted molar refractivity (Wildman–Crippen MR) is 121 cm³/mol. The number of nitrogens with two attached hydrogens (primary N) is 1. The number of nitrogens with zero attached hydrogens (tertiary/aromatic N) is 1. The van der Waals surface area contributed by atoms with E-state index >= 15 is 0 Å². The fraction of sp³-hybridized carbons (Fsp3) is 0.417. The zero-order chi connectivity index (χ0) is 24.0. The van der Waals surface area contributed by atoms with Crippen LogP contribution in [0.25, 0.3) is 11.0 Å². The van der Waals surface area contributed by atoms with Gasteiger partial charge in [-0.1, -0.05) is 6.42 Å². The maximum absolute atomic E-state index is 13.5. The number of hydrogen-bond acceptors (Lipinski definition) is 7. The Morgan fingerprint density at radius 2 is 2.06 bits per heavy atom. The number of piperidine rings is 1. The summed E-state index contributed by atoms with van der Waals surface area (Å²) < 4.78 is 37.2. The molecule has 3 aromatic rings. The van der Waals surface area contributed by atoms with Gasteiger partial charge < -0.3 is 19.9 Å². The number of aldehydes is 1. The first-order valence-corrected chi connectivity index (χ1v) is 11.0. The lowest BCUT2D eigenvalue weighted by Crippen LogP contribution is -2.36. The number of hydrogen-bond donors (Lipinski definition) is 2. The smallest absolute Gasteiger partial charge is 0.201 e. The molecule has 3 heterocycles. The van der Waals surface area contributed by atoms with E-state index in [4.69, 9.17) is 14.6 Å². The van der Waals surface area contributed by atoms with E-state index in [0.29, 0.717) is 17.9 Å². The molecule has 9 heteroatoms. The average molecular weight is 462 g/mol. The molecule has 1 aliphatic heterocycles. The number of rotatable bonds is 7. The van der Waals surface area contributed by atoms with Crippen molar-refractivity contribution in [3.05, 3.63) is 53.2 Å². The first-order valence-electron chi connectivity index (χ1n) is 11.0. The van der Waals surface area contributed by atoms with Crippen LogP contribution < -0.4 is 11.1 Å². The van der Waals surface area contributed by atoms with Crippen molar-refractivity contribution in [1.82, 2.24) is 4.90 Å². The van der Waals surface area contributed by atoms with Crippen molar-refractivity contribution >= 4 is 28.7 Å². The van der Waals surface area contributed by atoms with Crippen LogP contribution in [-0.4, -0.2) is 43.1 Å². The van der Waals surface area contributed by atoms with E-state index in [-0.39, 0.29) is 41.2 Å². The highest BCUT2D eigenvalue weighted by molar-refractivity contribution is 6.07. The first kappa shape index (κ1) is 24.6. The molecule has 1 aromatic carbocycles. The third-order valence-electron chi connectivity index (χ3n) is 5.68. The fourth-order valence-corrected chi connectivity index (χ4v) is 3.95. The van der Waals surface area contributed by atoms with Crippen LogP contribution in [0, 0.1) is 11.6 Å². The van der Waals surface area contributed by atoms with Crippen molar-refractivity contribution < 1.29 is 27.2 Å². The maximum Gasteiger partial charge on any atom is 0.201 e. The molecule has 33 heavy (non-hydrogen) atoms. The van der Waals surface area contributed by atoms with Crippen molar-refractivity contribution in [2.45, 2.75) is 45.2 Å². The highest BCUT2D eigenvalue weighted by Crippen LogP contribution is 2.33. The molecule has 0 radical (unpaired) electrons. The molecule has 4 rings (SSSR count). The summed E-state index contributed by atoms with van der Waals surface area (Å²) in [5, 5.41) is 2.93. The molecular formula is C24H29F2N3O4. The third-order valence-corrected chi connectivity index (χ3v) is 5.68. The molecule has 178 valence electrons. The van der Waals surface area contributed by atoms with Gasteiger partial charge >= 0.3 is 0 Å². The van der Waals surface area contributed by atoms with Crippen LogP contribution in [0.2, 0.25) is 0 Å². The Kier molecular flexibility index (Phi) is 8.35. The van der Waals surface area contributed by atoms with Gasteiger partial charge in [0, 0.05) is 25.6 Å². The number of carbonyl (C=O) groups excluding carboxylic acids is 2. The van der Waals surface area contributed by atoms with Crippen LogP contribution in [-0.2, 0) is 6.54 Å². The molecule has 1 saturated heterocycles. The van der Waals surface area contributed by atoms with Crippen LogP contribution in [0.3, 0.4) is 0 Å². The molecule has 1 atom stereocenters. The molecule has 0 amide bonds. The number of nitrogens with one attached hydrogen (secondary N) is 1. The lowest BCUT2D eigenvalue weighted by Gasteiger charge is -2.32. The number of fused-ring (bicyclic) bond motifs is 1. The van der Waals surface area contributed by atoms with Crippen molar-refractivity contribution in [1.29, 1.82) is 0 Å². The minimum absolute atomic E-state index is 0.0255. The fourth-order valence-electron chi connectivity index (χ4n) is 3.95. The van der Waals surface area contributed by atoms with Crippen molar-refractivity contribution in [2.75, 3.05) is 25.5 Å². The number of carbonyl (C=O) groups is 2. The van der Waals surface area contributed by atoms with Gasteiger partial charge in [-0.25, -0.2) is 8.78 Å².